The third-order valence-electron chi connectivity index (χ3n) is 5.03. The average molecular weight is 397 g/mol. The van der Waals surface area contributed by atoms with E-state index in [0.29, 0.717) is 5.52 Å². The highest BCUT2D eigenvalue weighted by atomic mass is 16.2. The molecule has 148 valence electrons. The number of aromatic nitrogens is 6. The van der Waals surface area contributed by atoms with Crippen molar-refractivity contribution in [1.29, 1.82) is 0 Å². The molecule has 8 heteroatoms. The molecule has 8 nitrogen and oxygen atoms in total. The average Bonchev–Trinajstić information content (AvgIpc) is 3.36. The van der Waals surface area contributed by atoms with Crippen LogP contribution in [-0.4, -0.2) is 36.0 Å². The van der Waals surface area contributed by atoms with Gasteiger partial charge in [0.05, 0.1) is 28.3 Å². The van der Waals surface area contributed by atoms with Gasteiger partial charge < -0.3 is 10.3 Å². The third kappa shape index (κ3) is 3.18. The lowest BCUT2D eigenvalue weighted by Gasteiger charge is -2.12. The molecule has 0 aliphatic heterocycles. The molecule has 1 atom stereocenters. The lowest BCUT2D eigenvalue weighted by Crippen LogP contribution is -2.28. The largest absolute Gasteiger partial charge is 0.341 e. The van der Waals surface area contributed by atoms with Gasteiger partial charge in [-0.15, -0.1) is 0 Å². The van der Waals surface area contributed by atoms with E-state index in [0.717, 1.165) is 39.1 Å². The monoisotopic (exact) mass is 397 g/mol. The summed E-state index contributed by atoms with van der Waals surface area (Å²) >= 11 is 0. The van der Waals surface area contributed by atoms with Gasteiger partial charge >= 0.3 is 0 Å². The van der Waals surface area contributed by atoms with Gasteiger partial charge in [0.25, 0.3) is 5.91 Å². The summed E-state index contributed by atoms with van der Waals surface area (Å²) in [7, 11) is 0. The molecule has 4 aromatic heterocycles. The molecule has 0 saturated carbocycles. The fourth-order valence-corrected chi connectivity index (χ4v) is 3.50. The number of fused-ring (bicyclic) bond motifs is 2. The van der Waals surface area contributed by atoms with Crippen LogP contribution < -0.4 is 5.32 Å². The maximum Gasteiger partial charge on any atom is 0.287 e. The van der Waals surface area contributed by atoms with E-state index in [1.54, 1.807) is 12.4 Å². The van der Waals surface area contributed by atoms with Gasteiger partial charge in [-0.25, -0.2) is 4.98 Å². The molecule has 1 aromatic carbocycles. The van der Waals surface area contributed by atoms with Crippen LogP contribution in [-0.2, 0) is 0 Å². The minimum atomic E-state index is -0.279. The Morgan fingerprint density at radius 2 is 1.90 bits per heavy atom. The molecule has 0 spiro atoms. The third-order valence-corrected chi connectivity index (χ3v) is 5.03. The fraction of sp³-hybridized carbons (Fsp3) is 0.136. The zero-order valence-electron chi connectivity index (χ0n) is 16.5. The summed E-state index contributed by atoms with van der Waals surface area (Å²) in [4.78, 5) is 28.9. The fourth-order valence-electron chi connectivity index (χ4n) is 3.50. The van der Waals surface area contributed by atoms with Crippen molar-refractivity contribution in [1.82, 2.24) is 35.5 Å². The van der Waals surface area contributed by atoms with E-state index in [2.05, 4.69) is 35.5 Å². The zero-order chi connectivity index (χ0) is 20.7. The first-order chi connectivity index (χ1) is 14.6. The first-order valence-corrected chi connectivity index (χ1v) is 9.61. The van der Waals surface area contributed by atoms with Gasteiger partial charge in [-0.05, 0) is 50.2 Å². The zero-order valence-corrected chi connectivity index (χ0v) is 16.5. The van der Waals surface area contributed by atoms with Gasteiger partial charge in [-0.2, -0.15) is 5.10 Å². The number of nitrogens with one attached hydrogen (secondary N) is 3. The van der Waals surface area contributed by atoms with E-state index in [1.165, 1.54) is 0 Å². The number of benzene rings is 1. The van der Waals surface area contributed by atoms with Crippen molar-refractivity contribution in [3.8, 4) is 11.3 Å². The van der Waals surface area contributed by atoms with Gasteiger partial charge in [0.1, 0.15) is 5.69 Å². The number of carbonyl (C=O) groups is 1. The van der Waals surface area contributed by atoms with Gasteiger partial charge in [-0.3, -0.25) is 19.9 Å². The van der Waals surface area contributed by atoms with Crippen molar-refractivity contribution >= 4 is 27.8 Å². The molecule has 0 fully saturated rings. The Bertz CT molecular complexity index is 1370. The highest BCUT2D eigenvalue weighted by molar-refractivity contribution is 6.02. The minimum Gasteiger partial charge on any atom is -0.341 e. The number of nitrogens with zero attached hydrogens (tertiary/aromatic N) is 4. The topological polar surface area (TPSA) is 112 Å². The molecular formula is C22H19N7O. The van der Waals surface area contributed by atoms with Crippen LogP contribution in [0.3, 0.4) is 0 Å². The number of rotatable bonds is 4. The summed E-state index contributed by atoms with van der Waals surface area (Å²) in [5.41, 5.74) is 5.82. The van der Waals surface area contributed by atoms with Crippen molar-refractivity contribution in [3.63, 3.8) is 0 Å². The molecule has 0 aliphatic carbocycles. The highest BCUT2D eigenvalue weighted by Crippen LogP contribution is 2.28. The molecule has 0 saturated heterocycles. The number of pyridine rings is 2. The maximum absolute atomic E-state index is 12.7. The predicted octanol–water partition coefficient (Wildman–Crippen LogP) is 3.70. The number of H-pyrrole nitrogens is 2. The molecule has 5 rings (SSSR count). The summed E-state index contributed by atoms with van der Waals surface area (Å²) in [5.74, 6) is -0.0197. The molecule has 0 aliphatic rings. The van der Waals surface area contributed by atoms with Crippen molar-refractivity contribution < 1.29 is 4.79 Å². The summed E-state index contributed by atoms with van der Waals surface area (Å²) < 4.78 is 0. The summed E-state index contributed by atoms with van der Waals surface area (Å²) in [6, 6.07) is 13.2. The second-order valence-corrected chi connectivity index (χ2v) is 7.21. The lowest BCUT2D eigenvalue weighted by molar-refractivity contribution is 0.0930. The van der Waals surface area contributed by atoms with Crippen molar-refractivity contribution in [3.05, 3.63) is 72.1 Å². The molecule has 4 heterocycles. The molecular weight excluding hydrogens is 378 g/mol. The van der Waals surface area contributed by atoms with E-state index in [-0.39, 0.29) is 17.8 Å². The van der Waals surface area contributed by atoms with E-state index >= 15 is 0 Å². The second kappa shape index (κ2) is 7.07. The Balaban J connectivity index is 1.46. The van der Waals surface area contributed by atoms with Gasteiger partial charge in [0.15, 0.2) is 5.82 Å². The highest BCUT2D eigenvalue weighted by Gasteiger charge is 2.17. The summed E-state index contributed by atoms with van der Waals surface area (Å²) in [6.45, 7) is 3.83. The van der Waals surface area contributed by atoms with E-state index in [9.17, 15) is 4.79 Å². The van der Waals surface area contributed by atoms with Crippen LogP contribution in [0.25, 0.3) is 33.2 Å². The molecule has 0 radical (unpaired) electrons. The van der Waals surface area contributed by atoms with E-state index < -0.39 is 0 Å². The molecule has 1 unspecified atom stereocenters. The first-order valence-electron chi connectivity index (χ1n) is 9.61. The normalized spacial score (nSPS) is 12.3. The SMILES string of the molecule is Cc1cccc(C(C)NC(=O)c2nc3cc4c(-c5ccncc5)n[nH]c4cc3[nH]2)n1. The summed E-state index contributed by atoms with van der Waals surface area (Å²) in [5, 5.41) is 11.4. The van der Waals surface area contributed by atoms with Crippen LogP contribution in [0, 0.1) is 6.92 Å². The number of amides is 1. The van der Waals surface area contributed by atoms with Crippen LogP contribution in [0.2, 0.25) is 0 Å². The Labute approximate surface area is 171 Å². The van der Waals surface area contributed by atoms with E-state index in [4.69, 9.17) is 0 Å². The number of hydrogen-bond acceptors (Lipinski definition) is 5. The van der Waals surface area contributed by atoms with Crippen LogP contribution in [0.4, 0.5) is 0 Å². The molecule has 1 amide bonds. The maximum atomic E-state index is 12.7. The van der Waals surface area contributed by atoms with Crippen molar-refractivity contribution in [2.24, 2.45) is 0 Å². The van der Waals surface area contributed by atoms with Crippen LogP contribution in [0.5, 0.6) is 0 Å². The van der Waals surface area contributed by atoms with Crippen LogP contribution >= 0.6 is 0 Å². The smallest absolute Gasteiger partial charge is 0.287 e. The first kappa shape index (κ1) is 18.0. The number of imidazole rings is 1. The second-order valence-electron chi connectivity index (χ2n) is 7.21. The van der Waals surface area contributed by atoms with E-state index in [1.807, 2.05) is 56.3 Å². The van der Waals surface area contributed by atoms with Gasteiger partial charge in [-0.1, -0.05) is 6.07 Å². The minimum absolute atomic E-state index is 0.234. The van der Waals surface area contributed by atoms with Gasteiger partial charge in [0, 0.05) is 29.0 Å². The van der Waals surface area contributed by atoms with Crippen molar-refractivity contribution in [2.75, 3.05) is 0 Å². The Kier molecular flexibility index (Phi) is 4.24. The number of hydrogen-bond donors (Lipinski definition) is 3. The van der Waals surface area contributed by atoms with Crippen LogP contribution in [0.15, 0.2) is 54.9 Å². The van der Waals surface area contributed by atoms with Gasteiger partial charge in [0.2, 0.25) is 0 Å². The Morgan fingerprint density at radius 3 is 2.70 bits per heavy atom. The Morgan fingerprint density at radius 1 is 1.07 bits per heavy atom. The molecule has 5 aromatic rings. The van der Waals surface area contributed by atoms with Crippen molar-refractivity contribution in [2.45, 2.75) is 19.9 Å². The molecule has 0 bridgehead atoms. The van der Waals surface area contributed by atoms with Crippen LogP contribution in [0.1, 0.15) is 35.0 Å². The molecule has 3 N–H and O–H groups in total. The number of carbonyl (C=O) groups excluding carboxylic acids is 1. The quantitative estimate of drug-likeness (QED) is 0.428. The predicted molar refractivity (Wildman–Crippen MR) is 114 cm³/mol. The standard InChI is InChI=1S/C22H19N7O/c1-12-4-3-5-16(24-12)13(2)25-22(30)21-26-18-10-15-17(11-19(18)27-21)28-29-20(15)14-6-8-23-9-7-14/h3-11,13H,1-2H3,(H,25,30)(H,26,27)(H,28,29). The number of aryl methyl sites for hydroxylation is 1. The lowest BCUT2D eigenvalue weighted by atomic mass is 10.1. The molecule has 30 heavy (non-hydrogen) atoms. The Hall–Kier alpha value is -4.07. The number of aromatic amines is 2. The summed E-state index contributed by atoms with van der Waals surface area (Å²) in [6.07, 6.45) is 3.46.